The van der Waals surface area contributed by atoms with Crippen molar-refractivity contribution in [2.75, 3.05) is 26.3 Å². The largest absolute Gasteiger partial charge is 0.396 e. The Morgan fingerprint density at radius 3 is 2.56 bits per heavy atom. The van der Waals surface area contributed by atoms with Crippen molar-refractivity contribution in [1.82, 2.24) is 14.7 Å². The lowest BCUT2D eigenvalue weighted by atomic mass is 10.2. The molecular formula is C11H21N3O2. The molecule has 2 N–H and O–H groups in total. The first kappa shape index (κ1) is 13.2. The van der Waals surface area contributed by atoms with Crippen LogP contribution in [0.1, 0.15) is 17.7 Å². The third-order valence-corrected chi connectivity index (χ3v) is 2.78. The van der Waals surface area contributed by atoms with Gasteiger partial charge in [0.15, 0.2) is 0 Å². The monoisotopic (exact) mass is 227 g/mol. The van der Waals surface area contributed by atoms with E-state index in [2.05, 4.69) is 10.00 Å². The lowest BCUT2D eigenvalue weighted by Crippen LogP contribution is -2.28. The van der Waals surface area contributed by atoms with Gasteiger partial charge < -0.3 is 10.2 Å². The van der Waals surface area contributed by atoms with Crippen LogP contribution in [-0.4, -0.2) is 51.2 Å². The highest BCUT2D eigenvalue weighted by Crippen LogP contribution is 2.09. The third kappa shape index (κ3) is 3.59. The first-order valence-corrected chi connectivity index (χ1v) is 5.60. The van der Waals surface area contributed by atoms with Crippen LogP contribution in [0.3, 0.4) is 0 Å². The normalized spacial score (nSPS) is 11.3. The Balaban J connectivity index is 2.56. The molecule has 0 radical (unpaired) electrons. The van der Waals surface area contributed by atoms with Gasteiger partial charge in [-0.05, 0) is 13.3 Å². The van der Waals surface area contributed by atoms with Gasteiger partial charge in [-0.25, -0.2) is 0 Å². The quantitative estimate of drug-likeness (QED) is 0.683. The Morgan fingerprint density at radius 2 is 2.06 bits per heavy atom. The Labute approximate surface area is 96.3 Å². The molecule has 0 aromatic carbocycles. The Morgan fingerprint density at radius 1 is 1.31 bits per heavy atom. The van der Waals surface area contributed by atoms with Gasteiger partial charge in [-0.2, -0.15) is 5.10 Å². The van der Waals surface area contributed by atoms with Gasteiger partial charge in [0.25, 0.3) is 0 Å². The molecule has 0 aliphatic carbocycles. The summed E-state index contributed by atoms with van der Waals surface area (Å²) in [6.07, 6.45) is 2.60. The molecule has 0 saturated carbocycles. The Bertz CT molecular complexity index is 312. The summed E-state index contributed by atoms with van der Waals surface area (Å²) in [6, 6.07) is 0. The molecule has 1 heterocycles. The van der Waals surface area contributed by atoms with Gasteiger partial charge in [0.1, 0.15) is 0 Å². The molecule has 0 atom stereocenters. The van der Waals surface area contributed by atoms with Crippen LogP contribution >= 0.6 is 0 Å². The molecular weight excluding hydrogens is 206 g/mol. The van der Waals surface area contributed by atoms with Crippen LogP contribution in [0.4, 0.5) is 0 Å². The van der Waals surface area contributed by atoms with E-state index in [1.807, 2.05) is 24.9 Å². The summed E-state index contributed by atoms with van der Waals surface area (Å²) in [7, 11) is 1.92. The van der Waals surface area contributed by atoms with E-state index < -0.39 is 0 Å². The van der Waals surface area contributed by atoms with Crippen molar-refractivity contribution < 1.29 is 10.2 Å². The highest BCUT2D eigenvalue weighted by Gasteiger charge is 2.09. The van der Waals surface area contributed by atoms with Crippen LogP contribution in [0.2, 0.25) is 0 Å². The van der Waals surface area contributed by atoms with Crippen LogP contribution in [0.15, 0.2) is 6.20 Å². The van der Waals surface area contributed by atoms with Gasteiger partial charge in [0.05, 0.1) is 12.8 Å². The van der Waals surface area contributed by atoms with Gasteiger partial charge in [-0.3, -0.25) is 9.58 Å². The van der Waals surface area contributed by atoms with E-state index in [-0.39, 0.29) is 13.2 Å². The predicted octanol–water partition coefficient (Wildman–Crippen LogP) is -0.0948. The zero-order valence-electron chi connectivity index (χ0n) is 10.1. The fraction of sp³-hybridized carbons (Fsp3) is 0.727. The van der Waals surface area contributed by atoms with Crippen LogP contribution in [-0.2, 0) is 13.6 Å². The second-order valence-electron chi connectivity index (χ2n) is 3.96. The minimum Gasteiger partial charge on any atom is -0.396 e. The molecule has 16 heavy (non-hydrogen) atoms. The first-order valence-electron chi connectivity index (χ1n) is 5.60. The molecule has 0 spiro atoms. The van der Waals surface area contributed by atoms with Gasteiger partial charge in [0.2, 0.25) is 0 Å². The maximum Gasteiger partial charge on any atom is 0.0558 e. The van der Waals surface area contributed by atoms with Crippen molar-refractivity contribution in [3.8, 4) is 0 Å². The van der Waals surface area contributed by atoms with Crippen molar-refractivity contribution in [2.45, 2.75) is 19.9 Å². The fourth-order valence-corrected chi connectivity index (χ4v) is 1.65. The molecule has 0 aliphatic heterocycles. The van der Waals surface area contributed by atoms with E-state index in [9.17, 15) is 0 Å². The molecule has 0 saturated heterocycles. The van der Waals surface area contributed by atoms with Gasteiger partial charge >= 0.3 is 0 Å². The summed E-state index contributed by atoms with van der Waals surface area (Å²) in [5, 5.41) is 22.0. The Kier molecular flexibility index (Phi) is 5.45. The standard InChI is InChI=1S/C11H21N3O2/c1-10-11(8-12-13(10)2)9-14(5-7-16)4-3-6-15/h8,15-16H,3-7,9H2,1-2H3. The van der Waals surface area contributed by atoms with E-state index in [1.165, 1.54) is 5.56 Å². The van der Waals surface area contributed by atoms with E-state index in [0.29, 0.717) is 6.54 Å². The van der Waals surface area contributed by atoms with Crippen molar-refractivity contribution in [3.05, 3.63) is 17.5 Å². The number of rotatable bonds is 7. The number of hydrogen-bond acceptors (Lipinski definition) is 4. The smallest absolute Gasteiger partial charge is 0.0558 e. The summed E-state index contributed by atoms with van der Waals surface area (Å²) >= 11 is 0. The summed E-state index contributed by atoms with van der Waals surface area (Å²) in [5.41, 5.74) is 2.32. The number of aliphatic hydroxyl groups excluding tert-OH is 2. The molecule has 0 amide bonds. The third-order valence-electron chi connectivity index (χ3n) is 2.78. The van der Waals surface area contributed by atoms with E-state index in [4.69, 9.17) is 10.2 Å². The zero-order chi connectivity index (χ0) is 12.0. The SMILES string of the molecule is Cc1c(CN(CCO)CCCO)cnn1C. The van der Waals surface area contributed by atoms with Crippen LogP contribution in [0, 0.1) is 6.92 Å². The molecule has 5 nitrogen and oxygen atoms in total. The molecule has 0 aliphatic rings. The van der Waals surface area contributed by atoms with Crippen molar-refractivity contribution in [3.63, 3.8) is 0 Å². The number of aryl methyl sites for hydroxylation is 1. The highest BCUT2D eigenvalue weighted by molar-refractivity contribution is 5.15. The molecule has 0 fully saturated rings. The fourth-order valence-electron chi connectivity index (χ4n) is 1.65. The van der Waals surface area contributed by atoms with E-state index >= 15 is 0 Å². The molecule has 1 aromatic heterocycles. The maximum absolute atomic E-state index is 8.96. The van der Waals surface area contributed by atoms with E-state index in [1.54, 1.807) is 0 Å². The number of hydrogen-bond donors (Lipinski definition) is 2. The molecule has 0 bridgehead atoms. The maximum atomic E-state index is 8.96. The van der Waals surface area contributed by atoms with E-state index in [0.717, 1.165) is 25.2 Å². The van der Waals surface area contributed by atoms with Crippen molar-refractivity contribution >= 4 is 0 Å². The number of aliphatic hydroxyl groups is 2. The van der Waals surface area contributed by atoms with Crippen LogP contribution < -0.4 is 0 Å². The first-order chi connectivity index (χ1) is 7.69. The molecule has 92 valence electrons. The number of aromatic nitrogens is 2. The number of nitrogens with zero attached hydrogens (tertiary/aromatic N) is 3. The second kappa shape index (κ2) is 6.62. The lowest BCUT2D eigenvalue weighted by molar-refractivity contribution is 0.174. The summed E-state index contributed by atoms with van der Waals surface area (Å²) < 4.78 is 1.85. The second-order valence-corrected chi connectivity index (χ2v) is 3.96. The highest BCUT2D eigenvalue weighted by atomic mass is 16.3. The molecule has 1 rings (SSSR count). The molecule has 0 unspecified atom stereocenters. The summed E-state index contributed by atoms with van der Waals surface area (Å²) in [5.74, 6) is 0. The summed E-state index contributed by atoms with van der Waals surface area (Å²) in [6.45, 7) is 4.57. The minimum atomic E-state index is 0.144. The van der Waals surface area contributed by atoms with Gasteiger partial charge in [0, 0.05) is 44.5 Å². The van der Waals surface area contributed by atoms with Gasteiger partial charge in [-0.15, -0.1) is 0 Å². The average Bonchev–Trinajstić information content (AvgIpc) is 2.58. The minimum absolute atomic E-state index is 0.144. The predicted molar refractivity (Wildman–Crippen MR) is 62.0 cm³/mol. The van der Waals surface area contributed by atoms with Crippen LogP contribution in [0.5, 0.6) is 0 Å². The van der Waals surface area contributed by atoms with Crippen molar-refractivity contribution in [2.24, 2.45) is 7.05 Å². The lowest BCUT2D eigenvalue weighted by Gasteiger charge is -2.20. The van der Waals surface area contributed by atoms with Crippen molar-refractivity contribution in [1.29, 1.82) is 0 Å². The molecule has 5 heteroatoms. The Hall–Kier alpha value is -0.910. The molecule has 1 aromatic rings. The average molecular weight is 227 g/mol. The van der Waals surface area contributed by atoms with Gasteiger partial charge in [-0.1, -0.05) is 0 Å². The summed E-state index contributed by atoms with van der Waals surface area (Å²) in [4.78, 5) is 2.13. The topological polar surface area (TPSA) is 61.5 Å². The van der Waals surface area contributed by atoms with Crippen LogP contribution in [0.25, 0.3) is 0 Å². The zero-order valence-corrected chi connectivity index (χ0v) is 10.1.